The molecule has 4 aliphatic carbocycles. The number of aryl methyl sites for hydroxylation is 1. The van der Waals surface area contributed by atoms with E-state index in [1.165, 1.54) is 44.2 Å². The first-order valence-corrected chi connectivity index (χ1v) is 8.01. The molecule has 4 saturated carbocycles. The molecular weight excluding hydrogens is 232 g/mol. The van der Waals surface area contributed by atoms with Crippen LogP contribution in [0.15, 0.2) is 18.3 Å². The highest BCUT2D eigenvalue weighted by Gasteiger charge is 2.54. The fourth-order valence-corrected chi connectivity index (χ4v) is 6.13. The van der Waals surface area contributed by atoms with Crippen molar-refractivity contribution in [1.29, 1.82) is 0 Å². The lowest BCUT2D eigenvalue weighted by atomic mass is 9.46. The Morgan fingerprint density at radius 3 is 2.21 bits per heavy atom. The highest BCUT2D eigenvalue weighted by atomic mass is 14.9. The standard InChI is InChI=1S/C17H26N2/c1-19-4-2-3-16(19)15(11-18)17-8-12-5-13(9-17)7-14(6-12)10-17/h2-4,12-15H,5-11,18H2,1H3. The number of nitrogens with zero attached hydrogens (tertiary/aromatic N) is 1. The molecule has 0 saturated heterocycles. The number of hydrogen-bond acceptors (Lipinski definition) is 1. The minimum Gasteiger partial charge on any atom is -0.354 e. The van der Waals surface area contributed by atoms with Gasteiger partial charge in [0.2, 0.25) is 0 Å². The molecule has 0 radical (unpaired) electrons. The Labute approximate surface area is 116 Å². The van der Waals surface area contributed by atoms with Crippen LogP contribution in [0.1, 0.15) is 50.1 Å². The van der Waals surface area contributed by atoms with Gasteiger partial charge in [0.05, 0.1) is 0 Å². The van der Waals surface area contributed by atoms with Gasteiger partial charge in [-0.05, 0) is 73.8 Å². The van der Waals surface area contributed by atoms with E-state index in [2.05, 4.69) is 29.9 Å². The third-order valence-corrected chi connectivity index (χ3v) is 6.40. The van der Waals surface area contributed by atoms with E-state index in [1.54, 1.807) is 0 Å². The van der Waals surface area contributed by atoms with Crippen molar-refractivity contribution in [3.8, 4) is 0 Å². The Balaban J connectivity index is 1.72. The SMILES string of the molecule is Cn1cccc1C(CN)C12CC3CC(CC(C3)C1)C2. The highest BCUT2D eigenvalue weighted by molar-refractivity contribution is 5.20. The summed E-state index contributed by atoms with van der Waals surface area (Å²) in [6.45, 7) is 0.823. The molecule has 0 spiro atoms. The molecule has 4 fully saturated rings. The number of nitrogens with two attached hydrogens (primary N) is 1. The maximum absolute atomic E-state index is 6.24. The number of rotatable bonds is 3. The molecule has 0 aromatic carbocycles. The largest absolute Gasteiger partial charge is 0.354 e. The van der Waals surface area contributed by atoms with Gasteiger partial charge in [-0.3, -0.25) is 0 Å². The molecule has 1 heterocycles. The van der Waals surface area contributed by atoms with Crippen molar-refractivity contribution in [2.24, 2.45) is 36.0 Å². The Hall–Kier alpha value is -0.760. The molecule has 1 unspecified atom stereocenters. The van der Waals surface area contributed by atoms with Crippen molar-refractivity contribution < 1.29 is 0 Å². The highest BCUT2D eigenvalue weighted by Crippen LogP contribution is 2.64. The van der Waals surface area contributed by atoms with Crippen molar-refractivity contribution in [2.45, 2.75) is 44.4 Å². The van der Waals surface area contributed by atoms with Gasteiger partial charge in [-0.25, -0.2) is 0 Å². The third kappa shape index (κ3) is 1.72. The van der Waals surface area contributed by atoms with Gasteiger partial charge in [0, 0.05) is 31.4 Å². The van der Waals surface area contributed by atoms with Crippen LogP contribution >= 0.6 is 0 Å². The Morgan fingerprint density at radius 1 is 1.21 bits per heavy atom. The lowest BCUT2D eigenvalue weighted by molar-refractivity contribution is -0.0681. The summed E-state index contributed by atoms with van der Waals surface area (Å²) in [5.74, 6) is 3.63. The first-order chi connectivity index (χ1) is 9.20. The van der Waals surface area contributed by atoms with Crippen LogP contribution in [0, 0.1) is 23.2 Å². The van der Waals surface area contributed by atoms with Crippen molar-refractivity contribution in [1.82, 2.24) is 4.57 Å². The molecule has 4 aliphatic rings. The molecule has 0 amide bonds. The fourth-order valence-electron chi connectivity index (χ4n) is 6.13. The topological polar surface area (TPSA) is 30.9 Å². The summed E-state index contributed by atoms with van der Waals surface area (Å²) >= 11 is 0. The second kappa shape index (κ2) is 4.12. The first-order valence-electron chi connectivity index (χ1n) is 8.01. The zero-order chi connectivity index (χ0) is 13.0. The van der Waals surface area contributed by atoms with E-state index in [1.807, 2.05) is 0 Å². The van der Waals surface area contributed by atoms with Gasteiger partial charge in [-0.15, -0.1) is 0 Å². The van der Waals surface area contributed by atoms with Crippen LogP contribution in [-0.2, 0) is 7.05 Å². The van der Waals surface area contributed by atoms with Crippen molar-refractivity contribution in [3.63, 3.8) is 0 Å². The summed E-state index contributed by atoms with van der Waals surface area (Å²) < 4.78 is 2.30. The van der Waals surface area contributed by atoms with Gasteiger partial charge in [0.25, 0.3) is 0 Å². The summed E-state index contributed by atoms with van der Waals surface area (Å²) in [7, 11) is 2.18. The van der Waals surface area contributed by atoms with Crippen LogP contribution in [0.2, 0.25) is 0 Å². The van der Waals surface area contributed by atoms with Gasteiger partial charge >= 0.3 is 0 Å². The molecule has 2 heteroatoms. The lowest BCUT2D eigenvalue weighted by Crippen LogP contribution is -2.50. The predicted octanol–water partition coefficient (Wildman–Crippen LogP) is 3.28. The van der Waals surface area contributed by atoms with Crippen molar-refractivity contribution in [3.05, 3.63) is 24.0 Å². The van der Waals surface area contributed by atoms with Crippen LogP contribution in [0.25, 0.3) is 0 Å². The van der Waals surface area contributed by atoms with E-state index >= 15 is 0 Å². The molecular formula is C17H26N2. The van der Waals surface area contributed by atoms with Crippen LogP contribution in [-0.4, -0.2) is 11.1 Å². The smallest absolute Gasteiger partial charge is 0.0221 e. The molecule has 1 aromatic rings. The van der Waals surface area contributed by atoms with Gasteiger partial charge in [0.15, 0.2) is 0 Å². The lowest BCUT2D eigenvalue weighted by Gasteiger charge is -2.59. The summed E-state index contributed by atoms with van der Waals surface area (Å²) in [4.78, 5) is 0. The second-order valence-corrected chi connectivity index (χ2v) is 7.61. The van der Waals surface area contributed by atoms with Gasteiger partial charge in [-0.2, -0.15) is 0 Å². The molecule has 19 heavy (non-hydrogen) atoms. The van der Waals surface area contributed by atoms with E-state index < -0.39 is 0 Å². The average Bonchev–Trinajstić information content (AvgIpc) is 2.74. The van der Waals surface area contributed by atoms with Crippen LogP contribution in [0.4, 0.5) is 0 Å². The van der Waals surface area contributed by atoms with Gasteiger partial charge in [-0.1, -0.05) is 0 Å². The quantitative estimate of drug-likeness (QED) is 0.886. The molecule has 104 valence electrons. The van der Waals surface area contributed by atoms with Gasteiger partial charge < -0.3 is 10.3 Å². The van der Waals surface area contributed by atoms with Gasteiger partial charge in [0.1, 0.15) is 0 Å². The van der Waals surface area contributed by atoms with E-state index in [4.69, 9.17) is 5.73 Å². The molecule has 5 rings (SSSR count). The summed E-state index contributed by atoms with van der Waals surface area (Å²) in [5, 5.41) is 0. The Bertz CT molecular complexity index is 438. The average molecular weight is 258 g/mol. The number of hydrogen-bond donors (Lipinski definition) is 1. The predicted molar refractivity (Wildman–Crippen MR) is 77.8 cm³/mol. The van der Waals surface area contributed by atoms with Crippen molar-refractivity contribution >= 4 is 0 Å². The summed E-state index contributed by atoms with van der Waals surface area (Å²) in [5.41, 5.74) is 8.25. The van der Waals surface area contributed by atoms with E-state index in [-0.39, 0.29) is 0 Å². The molecule has 1 atom stereocenters. The molecule has 1 aromatic heterocycles. The number of aromatic nitrogens is 1. The molecule has 4 bridgehead atoms. The normalized spacial score (nSPS) is 41.7. The minimum absolute atomic E-state index is 0.537. The Morgan fingerprint density at radius 2 is 1.79 bits per heavy atom. The van der Waals surface area contributed by atoms with E-state index in [9.17, 15) is 0 Å². The Kier molecular flexibility index (Phi) is 2.60. The van der Waals surface area contributed by atoms with Crippen molar-refractivity contribution in [2.75, 3.05) is 6.54 Å². The van der Waals surface area contributed by atoms with Crippen LogP contribution in [0.3, 0.4) is 0 Å². The molecule has 2 N–H and O–H groups in total. The van der Waals surface area contributed by atoms with E-state index in [0.29, 0.717) is 11.3 Å². The van der Waals surface area contributed by atoms with E-state index in [0.717, 1.165) is 24.3 Å². The molecule has 0 aliphatic heterocycles. The first kappa shape index (κ1) is 12.0. The molecule has 2 nitrogen and oxygen atoms in total. The third-order valence-electron chi connectivity index (χ3n) is 6.40. The van der Waals surface area contributed by atoms with Crippen LogP contribution in [0.5, 0.6) is 0 Å². The maximum Gasteiger partial charge on any atom is 0.0221 e. The zero-order valence-electron chi connectivity index (χ0n) is 12.0. The second-order valence-electron chi connectivity index (χ2n) is 7.61. The fraction of sp³-hybridized carbons (Fsp3) is 0.765. The summed E-state index contributed by atoms with van der Waals surface area (Å²) in [6.07, 6.45) is 11.1. The monoisotopic (exact) mass is 258 g/mol. The van der Waals surface area contributed by atoms with Crippen LogP contribution < -0.4 is 5.73 Å². The zero-order valence-corrected chi connectivity index (χ0v) is 12.0. The summed E-state index contributed by atoms with van der Waals surface area (Å²) in [6, 6.07) is 4.48. The maximum atomic E-state index is 6.24. The minimum atomic E-state index is 0.537.